The number of piperazine rings is 1. The van der Waals surface area contributed by atoms with E-state index in [4.69, 9.17) is 4.74 Å². The van der Waals surface area contributed by atoms with Gasteiger partial charge in [0.2, 0.25) is 0 Å². The third-order valence-electron chi connectivity index (χ3n) is 4.22. The maximum absolute atomic E-state index is 12.4. The summed E-state index contributed by atoms with van der Waals surface area (Å²) in [5, 5.41) is 3.50. The topological polar surface area (TPSA) is 27.7 Å². The number of nitrogens with zero attached hydrogens (tertiary/aromatic N) is 2. The lowest BCUT2D eigenvalue weighted by Gasteiger charge is -2.36. The zero-order valence-corrected chi connectivity index (χ0v) is 12.7. The van der Waals surface area contributed by atoms with Gasteiger partial charge in [-0.1, -0.05) is 6.92 Å². The van der Waals surface area contributed by atoms with E-state index in [2.05, 4.69) is 17.1 Å². The summed E-state index contributed by atoms with van der Waals surface area (Å²) in [6.45, 7) is 7.19. The molecule has 2 aliphatic heterocycles. The summed E-state index contributed by atoms with van der Waals surface area (Å²) in [6.07, 6.45) is -2.99. The van der Waals surface area contributed by atoms with Crippen molar-refractivity contribution in [2.75, 3.05) is 59.0 Å². The molecule has 124 valence electrons. The van der Waals surface area contributed by atoms with Crippen LogP contribution in [0.15, 0.2) is 0 Å². The first-order chi connectivity index (χ1) is 9.98. The molecular formula is C14H26F3N3O. The Labute approximate surface area is 124 Å². The van der Waals surface area contributed by atoms with E-state index in [1.54, 1.807) is 0 Å². The quantitative estimate of drug-likeness (QED) is 0.797. The lowest BCUT2D eigenvalue weighted by molar-refractivity contribution is -0.149. The molecule has 0 aromatic rings. The molecule has 2 heterocycles. The lowest BCUT2D eigenvalue weighted by Crippen LogP contribution is -2.51. The van der Waals surface area contributed by atoms with Gasteiger partial charge >= 0.3 is 6.18 Å². The number of rotatable bonds is 6. The van der Waals surface area contributed by atoms with Crippen molar-refractivity contribution in [1.29, 1.82) is 0 Å². The van der Waals surface area contributed by atoms with E-state index in [0.29, 0.717) is 38.1 Å². The third-order valence-corrected chi connectivity index (χ3v) is 4.22. The fourth-order valence-electron chi connectivity index (χ4n) is 3.05. The van der Waals surface area contributed by atoms with Crippen LogP contribution in [0.5, 0.6) is 0 Å². The largest absolute Gasteiger partial charge is 0.401 e. The Morgan fingerprint density at radius 2 is 1.76 bits per heavy atom. The smallest absolute Gasteiger partial charge is 0.379 e. The van der Waals surface area contributed by atoms with E-state index in [0.717, 1.165) is 32.7 Å². The molecule has 0 aliphatic carbocycles. The molecule has 21 heavy (non-hydrogen) atoms. The van der Waals surface area contributed by atoms with Crippen molar-refractivity contribution < 1.29 is 17.9 Å². The Morgan fingerprint density at radius 3 is 2.38 bits per heavy atom. The van der Waals surface area contributed by atoms with Gasteiger partial charge in [0.15, 0.2) is 0 Å². The van der Waals surface area contributed by atoms with Gasteiger partial charge in [0, 0.05) is 44.7 Å². The van der Waals surface area contributed by atoms with E-state index in [1.165, 1.54) is 4.90 Å². The Morgan fingerprint density at radius 1 is 1.10 bits per heavy atom. The first-order valence-electron chi connectivity index (χ1n) is 7.80. The van der Waals surface area contributed by atoms with Crippen LogP contribution < -0.4 is 5.32 Å². The maximum Gasteiger partial charge on any atom is 0.401 e. The van der Waals surface area contributed by atoms with Crippen molar-refractivity contribution in [2.45, 2.75) is 25.6 Å². The van der Waals surface area contributed by atoms with E-state index < -0.39 is 12.7 Å². The van der Waals surface area contributed by atoms with Gasteiger partial charge in [-0.15, -0.1) is 0 Å². The number of nitrogens with one attached hydrogen (secondary N) is 1. The number of halogens is 3. The van der Waals surface area contributed by atoms with Gasteiger partial charge in [0.05, 0.1) is 19.8 Å². The van der Waals surface area contributed by atoms with Crippen LogP contribution >= 0.6 is 0 Å². The molecule has 2 saturated heterocycles. The van der Waals surface area contributed by atoms with Gasteiger partial charge in [0.1, 0.15) is 0 Å². The van der Waals surface area contributed by atoms with Crippen LogP contribution in [0.2, 0.25) is 0 Å². The van der Waals surface area contributed by atoms with Crippen LogP contribution in [0.4, 0.5) is 13.2 Å². The standard InChI is InChI=1S/C14H26F3N3O/c1-2-3-18-13-10-21-9-12(13)8-19-4-6-20(7-5-19)11-14(15,16)17/h12-13,18H,2-11H2,1H3. The molecule has 2 rings (SSSR count). The molecule has 0 spiro atoms. The average molecular weight is 309 g/mol. The monoisotopic (exact) mass is 309 g/mol. The number of ether oxygens (including phenoxy) is 1. The van der Waals surface area contributed by atoms with E-state index in [1.807, 2.05) is 0 Å². The predicted molar refractivity (Wildman–Crippen MR) is 75.3 cm³/mol. The second-order valence-electron chi connectivity index (χ2n) is 6.05. The second-order valence-corrected chi connectivity index (χ2v) is 6.05. The Kier molecular flexibility index (Phi) is 6.28. The summed E-state index contributed by atoms with van der Waals surface area (Å²) in [7, 11) is 0. The van der Waals surface area contributed by atoms with Crippen LogP contribution in [0.25, 0.3) is 0 Å². The molecular weight excluding hydrogens is 283 g/mol. The highest BCUT2D eigenvalue weighted by Crippen LogP contribution is 2.19. The average Bonchev–Trinajstić information content (AvgIpc) is 2.84. The summed E-state index contributed by atoms with van der Waals surface area (Å²) in [5.74, 6) is 0.450. The van der Waals surface area contributed by atoms with Crippen molar-refractivity contribution in [3.63, 3.8) is 0 Å². The summed E-state index contributed by atoms with van der Waals surface area (Å²) >= 11 is 0. The third kappa shape index (κ3) is 5.73. The molecule has 0 radical (unpaired) electrons. The summed E-state index contributed by atoms with van der Waals surface area (Å²) in [6, 6.07) is 0.387. The van der Waals surface area contributed by atoms with Gasteiger partial charge < -0.3 is 15.0 Å². The highest BCUT2D eigenvalue weighted by molar-refractivity contribution is 4.85. The fraction of sp³-hybridized carbons (Fsp3) is 1.00. The molecule has 2 unspecified atom stereocenters. The molecule has 7 heteroatoms. The van der Waals surface area contributed by atoms with E-state index >= 15 is 0 Å². The molecule has 0 bridgehead atoms. The zero-order chi connectivity index (χ0) is 15.3. The first kappa shape index (κ1) is 17.0. The predicted octanol–water partition coefficient (Wildman–Crippen LogP) is 1.18. The van der Waals surface area contributed by atoms with Crippen LogP contribution in [0.1, 0.15) is 13.3 Å². The number of hydrogen-bond donors (Lipinski definition) is 1. The maximum atomic E-state index is 12.4. The lowest BCUT2D eigenvalue weighted by atomic mass is 10.0. The molecule has 2 fully saturated rings. The summed E-state index contributed by atoms with van der Waals surface area (Å²) < 4.78 is 42.6. The van der Waals surface area contributed by atoms with Crippen molar-refractivity contribution in [3.05, 3.63) is 0 Å². The van der Waals surface area contributed by atoms with Gasteiger partial charge in [-0.2, -0.15) is 13.2 Å². The normalized spacial score (nSPS) is 29.1. The highest BCUT2D eigenvalue weighted by Gasteiger charge is 2.34. The molecule has 2 aliphatic rings. The van der Waals surface area contributed by atoms with Crippen molar-refractivity contribution in [3.8, 4) is 0 Å². The van der Waals surface area contributed by atoms with Crippen molar-refractivity contribution in [1.82, 2.24) is 15.1 Å². The van der Waals surface area contributed by atoms with Gasteiger partial charge in [0.25, 0.3) is 0 Å². The molecule has 0 aromatic heterocycles. The Hall–Kier alpha value is -0.370. The summed E-state index contributed by atoms with van der Waals surface area (Å²) in [4.78, 5) is 3.77. The zero-order valence-electron chi connectivity index (χ0n) is 12.7. The minimum Gasteiger partial charge on any atom is -0.379 e. The SMILES string of the molecule is CCCNC1COCC1CN1CCN(CC(F)(F)F)CC1. The Balaban J connectivity index is 1.70. The summed E-state index contributed by atoms with van der Waals surface area (Å²) in [5.41, 5.74) is 0. The fourth-order valence-corrected chi connectivity index (χ4v) is 3.05. The van der Waals surface area contributed by atoms with Crippen LogP contribution in [0.3, 0.4) is 0 Å². The van der Waals surface area contributed by atoms with Crippen LogP contribution in [0, 0.1) is 5.92 Å². The molecule has 4 nitrogen and oxygen atoms in total. The molecule has 0 aromatic carbocycles. The minimum atomic E-state index is -4.09. The molecule has 2 atom stereocenters. The molecule has 0 saturated carbocycles. The highest BCUT2D eigenvalue weighted by atomic mass is 19.4. The van der Waals surface area contributed by atoms with Gasteiger partial charge in [-0.05, 0) is 13.0 Å². The van der Waals surface area contributed by atoms with Crippen LogP contribution in [-0.4, -0.2) is 81.0 Å². The van der Waals surface area contributed by atoms with Gasteiger partial charge in [-0.25, -0.2) is 0 Å². The number of alkyl halides is 3. The molecule has 1 N–H and O–H groups in total. The van der Waals surface area contributed by atoms with E-state index in [-0.39, 0.29) is 0 Å². The first-order valence-corrected chi connectivity index (χ1v) is 7.80. The van der Waals surface area contributed by atoms with Crippen molar-refractivity contribution in [2.24, 2.45) is 5.92 Å². The van der Waals surface area contributed by atoms with Gasteiger partial charge in [-0.3, -0.25) is 4.90 Å². The minimum absolute atomic E-state index is 0.387. The number of hydrogen-bond acceptors (Lipinski definition) is 4. The Bertz CT molecular complexity index is 306. The molecule has 0 amide bonds. The van der Waals surface area contributed by atoms with Crippen LogP contribution in [-0.2, 0) is 4.74 Å². The van der Waals surface area contributed by atoms with E-state index in [9.17, 15) is 13.2 Å². The van der Waals surface area contributed by atoms with Crippen molar-refractivity contribution >= 4 is 0 Å². The second kappa shape index (κ2) is 7.76.